The monoisotopic (exact) mass is 441 g/mol. The second-order valence-electron chi connectivity index (χ2n) is 7.10. The van der Waals surface area contributed by atoms with Crippen LogP contribution in [0.2, 0.25) is 0 Å². The Morgan fingerprint density at radius 2 is 1.81 bits per heavy atom. The number of rotatable bonds is 5. The van der Waals surface area contributed by atoms with Gasteiger partial charge >= 0.3 is 6.36 Å². The normalized spacial score (nSPS) is 11.4. The minimum atomic E-state index is -4.77. The van der Waals surface area contributed by atoms with Crippen LogP contribution in [0.1, 0.15) is 10.4 Å². The number of halogens is 3. The van der Waals surface area contributed by atoms with Crippen molar-refractivity contribution in [1.82, 2.24) is 19.5 Å². The summed E-state index contributed by atoms with van der Waals surface area (Å²) in [6.45, 7) is 0. The van der Waals surface area contributed by atoms with Crippen molar-refractivity contribution in [2.75, 3.05) is 19.4 Å². The smallest absolute Gasteiger partial charge is 0.406 e. The van der Waals surface area contributed by atoms with Gasteiger partial charge in [0.25, 0.3) is 5.91 Å². The Labute approximate surface area is 181 Å². The van der Waals surface area contributed by atoms with E-state index < -0.39 is 6.36 Å². The lowest BCUT2D eigenvalue weighted by molar-refractivity contribution is -0.274. The molecular weight excluding hydrogens is 423 g/mol. The number of alkyl halides is 3. The van der Waals surface area contributed by atoms with Crippen molar-refractivity contribution in [3.05, 3.63) is 72.4 Å². The summed E-state index contributed by atoms with van der Waals surface area (Å²) < 4.78 is 43.3. The van der Waals surface area contributed by atoms with E-state index in [2.05, 4.69) is 20.1 Å². The Hall–Kier alpha value is -4.08. The number of carbonyl (C=O) groups is 1. The van der Waals surface area contributed by atoms with Crippen molar-refractivity contribution in [3.8, 4) is 16.9 Å². The largest absolute Gasteiger partial charge is 0.573 e. The minimum Gasteiger partial charge on any atom is -0.406 e. The third kappa shape index (κ3) is 4.64. The predicted octanol–water partition coefficient (Wildman–Crippen LogP) is 4.74. The molecule has 7 nitrogen and oxygen atoms in total. The maximum Gasteiger partial charge on any atom is 0.573 e. The molecule has 0 unspecified atom stereocenters. The van der Waals surface area contributed by atoms with Crippen LogP contribution in [0, 0.1) is 0 Å². The van der Waals surface area contributed by atoms with Crippen molar-refractivity contribution in [2.24, 2.45) is 0 Å². The summed E-state index contributed by atoms with van der Waals surface area (Å²) in [5.74, 6) is -0.127. The zero-order valence-corrected chi connectivity index (χ0v) is 17.1. The number of amides is 1. The molecule has 0 radical (unpaired) electrons. The van der Waals surface area contributed by atoms with Gasteiger partial charge in [0.05, 0.1) is 0 Å². The summed E-state index contributed by atoms with van der Waals surface area (Å²) in [6, 6.07) is 16.0. The summed E-state index contributed by atoms with van der Waals surface area (Å²) in [5.41, 5.74) is 2.78. The first kappa shape index (κ1) is 21.2. The van der Waals surface area contributed by atoms with Crippen LogP contribution in [-0.2, 0) is 0 Å². The van der Waals surface area contributed by atoms with Gasteiger partial charge < -0.3 is 15.0 Å². The molecule has 164 valence electrons. The number of benzene rings is 2. The molecule has 1 amide bonds. The van der Waals surface area contributed by atoms with E-state index in [0.717, 1.165) is 0 Å². The maximum absolute atomic E-state index is 12.6. The van der Waals surface area contributed by atoms with E-state index in [1.54, 1.807) is 62.8 Å². The lowest BCUT2D eigenvalue weighted by Gasteiger charge is -2.10. The summed E-state index contributed by atoms with van der Waals surface area (Å²) in [5, 5.41) is 7.44. The molecule has 0 aliphatic rings. The molecule has 1 N–H and O–H groups in total. The van der Waals surface area contributed by atoms with Gasteiger partial charge in [-0.2, -0.15) is 4.98 Å². The van der Waals surface area contributed by atoms with E-state index in [-0.39, 0.29) is 11.7 Å². The maximum atomic E-state index is 12.6. The van der Waals surface area contributed by atoms with Crippen LogP contribution in [0.25, 0.3) is 16.8 Å². The molecule has 0 saturated heterocycles. The van der Waals surface area contributed by atoms with E-state index in [1.165, 1.54) is 27.6 Å². The van der Waals surface area contributed by atoms with Crippen molar-refractivity contribution < 1.29 is 22.7 Å². The van der Waals surface area contributed by atoms with Gasteiger partial charge in [-0.05, 0) is 54.1 Å². The second-order valence-corrected chi connectivity index (χ2v) is 7.10. The van der Waals surface area contributed by atoms with Crippen LogP contribution >= 0.6 is 0 Å². The van der Waals surface area contributed by atoms with Crippen LogP contribution < -0.4 is 10.1 Å². The highest BCUT2D eigenvalue weighted by Gasteiger charge is 2.31. The van der Waals surface area contributed by atoms with Crippen LogP contribution in [0.5, 0.6) is 5.75 Å². The second kappa shape index (κ2) is 8.22. The first-order chi connectivity index (χ1) is 15.2. The van der Waals surface area contributed by atoms with Crippen LogP contribution in [-0.4, -0.2) is 45.9 Å². The zero-order chi connectivity index (χ0) is 22.9. The number of hydrogen-bond acceptors (Lipinski definition) is 5. The van der Waals surface area contributed by atoms with Gasteiger partial charge in [0, 0.05) is 37.1 Å². The summed E-state index contributed by atoms with van der Waals surface area (Å²) in [7, 11) is 3.36. The number of ether oxygens (including phenoxy) is 1. The van der Waals surface area contributed by atoms with Gasteiger partial charge in [0.1, 0.15) is 5.75 Å². The molecule has 0 atom stereocenters. The molecular formula is C22H18F3N5O2. The van der Waals surface area contributed by atoms with Gasteiger partial charge in [-0.25, -0.2) is 4.52 Å². The first-order valence-electron chi connectivity index (χ1n) is 9.50. The van der Waals surface area contributed by atoms with Crippen LogP contribution in [0.4, 0.5) is 24.8 Å². The fraction of sp³-hybridized carbons (Fsp3) is 0.136. The summed E-state index contributed by atoms with van der Waals surface area (Å²) in [4.78, 5) is 18.0. The predicted molar refractivity (Wildman–Crippen MR) is 113 cm³/mol. The Bertz CT molecular complexity index is 1270. The Morgan fingerprint density at radius 3 is 2.50 bits per heavy atom. The fourth-order valence-corrected chi connectivity index (χ4v) is 3.13. The van der Waals surface area contributed by atoms with Crippen molar-refractivity contribution in [2.45, 2.75) is 6.36 Å². The van der Waals surface area contributed by atoms with Gasteiger partial charge in [-0.1, -0.05) is 12.1 Å². The molecule has 2 heterocycles. The molecule has 4 aromatic rings. The average Bonchev–Trinajstić information content (AvgIpc) is 3.15. The molecule has 0 aliphatic heterocycles. The molecule has 0 fully saturated rings. The highest BCUT2D eigenvalue weighted by atomic mass is 19.4. The third-order valence-electron chi connectivity index (χ3n) is 4.54. The zero-order valence-electron chi connectivity index (χ0n) is 17.1. The molecule has 2 aromatic heterocycles. The first-order valence-corrected chi connectivity index (χ1v) is 9.50. The molecule has 0 spiro atoms. The quantitative estimate of drug-likeness (QED) is 0.484. The highest BCUT2D eigenvalue weighted by Crippen LogP contribution is 2.30. The van der Waals surface area contributed by atoms with Crippen molar-refractivity contribution in [1.29, 1.82) is 0 Å². The Morgan fingerprint density at radius 1 is 1.06 bits per heavy atom. The van der Waals surface area contributed by atoms with E-state index >= 15 is 0 Å². The van der Waals surface area contributed by atoms with E-state index in [1.807, 2.05) is 0 Å². The number of fused-ring (bicyclic) bond motifs is 1. The number of aromatic nitrogens is 3. The van der Waals surface area contributed by atoms with Crippen molar-refractivity contribution >= 4 is 23.2 Å². The van der Waals surface area contributed by atoms with Gasteiger partial charge in [-0.15, -0.1) is 18.3 Å². The summed E-state index contributed by atoms with van der Waals surface area (Å²) >= 11 is 0. The molecule has 4 rings (SSSR count). The van der Waals surface area contributed by atoms with Gasteiger partial charge in [-0.3, -0.25) is 4.79 Å². The van der Waals surface area contributed by atoms with Crippen LogP contribution in [0.15, 0.2) is 66.9 Å². The van der Waals surface area contributed by atoms with Gasteiger partial charge in [0.2, 0.25) is 5.95 Å². The fourth-order valence-electron chi connectivity index (χ4n) is 3.13. The third-order valence-corrected chi connectivity index (χ3v) is 4.54. The van der Waals surface area contributed by atoms with Crippen LogP contribution in [0.3, 0.4) is 0 Å². The standard InChI is InChI=1S/C22H18F3N5O2/c1-29(2)20(31)14-8-10-16(11-9-14)26-21-27-19-18(7-4-12-30(19)28-21)15-5-3-6-17(13-15)32-22(23,24)25/h3-13H,1-2H3,(H,26,28). The van der Waals surface area contributed by atoms with E-state index in [0.29, 0.717) is 34.0 Å². The lowest BCUT2D eigenvalue weighted by Crippen LogP contribution is -2.21. The molecule has 10 heteroatoms. The number of pyridine rings is 1. The van der Waals surface area contributed by atoms with Gasteiger partial charge in [0.15, 0.2) is 5.65 Å². The SMILES string of the molecule is CN(C)C(=O)c1ccc(Nc2nc3c(-c4cccc(OC(F)(F)F)c4)cccn3n2)cc1. The van der Waals surface area contributed by atoms with E-state index in [9.17, 15) is 18.0 Å². The number of carbonyl (C=O) groups excluding carboxylic acids is 1. The van der Waals surface area contributed by atoms with Crippen molar-refractivity contribution in [3.63, 3.8) is 0 Å². The lowest BCUT2D eigenvalue weighted by atomic mass is 10.1. The van der Waals surface area contributed by atoms with E-state index in [4.69, 9.17) is 0 Å². The number of nitrogens with zero attached hydrogens (tertiary/aromatic N) is 4. The summed E-state index contributed by atoms with van der Waals surface area (Å²) in [6.07, 6.45) is -3.09. The molecule has 0 aliphatic carbocycles. The topological polar surface area (TPSA) is 71.8 Å². The number of nitrogens with one attached hydrogen (secondary N) is 1. The molecule has 0 saturated carbocycles. The molecule has 2 aromatic carbocycles. The minimum absolute atomic E-state index is 0.108. The Kier molecular flexibility index (Phi) is 5.43. The molecule has 32 heavy (non-hydrogen) atoms. The number of anilines is 2. The average molecular weight is 441 g/mol. The Balaban J connectivity index is 1.62. The molecule has 0 bridgehead atoms. The highest BCUT2D eigenvalue weighted by molar-refractivity contribution is 5.94. The number of hydrogen-bond donors (Lipinski definition) is 1.